The summed E-state index contributed by atoms with van der Waals surface area (Å²) in [6.45, 7) is 1.35. The highest BCUT2D eigenvalue weighted by atomic mass is 32.2. The highest BCUT2D eigenvalue weighted by Crippen LogP contribution is 2.20. The number of thioether (sulfide) groups is 1. The summed E-state index contributed by atoms with van der Waals surface area (Å²) in [4.78, 5) is 11.0. The Morgan fingerprint density at radius 1 is 1.40 bits per heavy atom. The molecule has 0 aliphatic heterocycles. The predicted octanol–water partition coefficient (Wildman–Crippen LogP) is 1.32. The van der Waals surface area contributed by atoms with Crippen LogP contribution in [0.2, 0.25) is 0 Å². The van der Waals surface area contributed by atoms with E-state index in [1.807, 2.05) is 16.7 Å². The van der Waals surface area contributed by atoms with Crippen LogP contribution in [-0.2, 0) is 17.0 Å². The van der Waals surface area contributed by atoms with Gasteiger partial charge in [0.05, 0.1) is 6.61 Å². The van der Waals surface area contributed by atoms with Gasteiger partial charge in [0.25, 0.3) is 0 Å². The van der Waals surface area contributed by atoms with Crippen molar-refractivity contribution in [3.8, 4) is 0 Å². The second-order valence-electron chi connectivity index (χ2n) is 4.15. The second kappa shape index (κ2) is 7.06. The van der Waals surface area contributed by atoms with Gasteiger partial charge in [-0.1, -0.05) is 23.9 Å². The highest BCUT2D eigenvalue weighted by Gasteiger charge is 2.06. The number of methoxy groups -OCH3 is 1. The van der Waals surface area contributed by atoms with Gasteiger partial charge < -0.3 is 15.0 Å². The molecule has 106 valence electrons. The van der Waals surface area contributed by atoms with Crippen LogP contribution in [0.5, 0.6) is 0 Å². The molecular weight excluding hydrogens is 276 g/mol. The molecule has 0 saturated heterocycles. The number of amides is 1. The lowest BCUT2D eigenvalue weighted by molar-refractivity contribution is 0.100. The summed E-state index contributed by atoms with van der Waals surface area (Å²) >= 11 is 1.59. The summed E-state index contributed by atoms with van der Waals surface area (Å²) in [6.07, 6.45) is 1.69. The van der Waals surface area contributed by atoms with Crippen LogP contribution >= 0.6 is 11.8 Å². The third kappa shape index (κ3) is 3.82. The largest absolute Gasteiger partial charge is 0.383 e. The lowest BCUT2D eigenvalue weighted by atomic mass is 10.1. The van der Waals surface area contributed by atoms with Gasteiger partial charge in [-0.2, -0.15) is 0 Å². The molecule has 0 atom stereocenters. The van der Waals surface area contributed by atoms with Crippen LogP contribution in [0.1, 0.15) is 15.9 Å². The van der Waals surface area contributed by atoms with E-state index in [0.29, 0.717) is 12.2 Å². The number of carbonyl (C=O) groups excluding carboxylic acids is 1. The SMILES string of the molecule is COCCn1cnnc1SCc1ccc(C(N)=O)cc1. The molecule has 0 aliphatic rings. The lowest BCUT2D eigenvalue weighted by Gasteiger charge is -2.05. The fraction of sp³-hybridized carbons (Fsp3) is 0.308. The van der Waals surface area contributed by atoms with Gasteiger partial charge in [0.2, 0.25) is 5.91 Å². The minimum atomic E-state index is -0.413. The summed E-state index contributed by atoms with van der Waals surface area (Å²) in [5.41, 5.74) is 6.82. The number of rotatable bonds is 7. The van der Waals surface area contributed by atoms with Gasteiger partial charge in [0, 0.05) is 25.0 Å². The molecule has 1 amide bonds. The Morgan fingerprint density at radius 2 is 2.15 bits per heavy atom. The highest BCUT2D eigenvalue weighted by molar-refractivity contribution is 7.98. The smallest absolute Gasteiger partial charge is 0.248 e. The quantitative estimate of drug-likeness (QED) is 0.778. The Hall–Kier alpha value is -1.86. The van der Waals surface area contributed by atoms with Crippen molar-refractivity contribution in [2.24, 2.45) is 5.73 Å². The topological polar surface area (TPSA) is 83.0 Å². The molecule has 1 heterocycles. The number of nitrogens with zero attached hydrogens (tertiary/aromatic N) is 3. The van der Waals surface area contributed by atoms with Crippen molar-refractivity contribution >= 4 is 17.7 Å². The van der Waals surface area contributed by atoms with Crippen molar-refractivity contribution in [2.75, 3.05) is 13.7 Å². The summed E-state index contributed by atoms with van der Waals surface area (Å²) in [7, 11) is 1.66. The van der Waals surface area contributed by atoms with Crippen molar-refractivity contribution in [3.05, 3.63) is 41.7 Å². The minimum Gasteiger partial charge on any atom is -0.383 e. The van der Waals surface area contributed by atoms with Gasteiger partial charge in [-0.05, 0) is 17.7 Å². The maximum atomic E-state index is 11.0. The molecule has 0 spiro atoms. The molecule has 0 unspecified atom stereocenters. The number of ether oxygens (including phenoxy) is 1. The number of carbonyl (C=O) groups is 1. The molecule has 0 fully saturated rings. The Balaban J connectivity index is 1.94. The van der Waals surface area contributed by atoms with Gasteiger partial charge in [0.15, 0.2) is 5.16 Å². The van der Waals surface area contributed by atoms with Crippen LogP contribution in [0.3, 0.4) is 0 Å². The number of nitrogens with two attached hydrogens (primary N) is 1. The van der Waals surface area contributed by atoms with E-state index in [9.17, 15) is 4.79 Å². The summed E-state index contributed by atoms with van der Waals surface area (Å²) in [5.74, 6) is 0.341. The van der Waals surface area contributed by atoms with Crippen LogP contribution in [0, 0.1) is 0 Å². The van der Waals surface area contributed by atoms with E-state index in [1.165, 1.54) is 0 Å². The van der Waals surface area contributed by atoms with E-state index in [2.05, 4.69) is 10.2 Å². The Labute approximate surface area is 121 Å². The molecule has 0 bridgehead atoms. The van der Waals surface area contributed by atoms with Crippen molar-refractivity contribution in [1.82, 2.24) is 14.8 Å². The van der Waals surface area contributed by atoms with Gasteiger partial charge in [-0.25, -0.2) is 0 Å². The molecule has 1 aromatic carbocycles. The summed E-state index contributed by atoms with van der Waals surface area (Å²) < 4.78 is 6.99. The monoisotopic (exact) mass is 292 g/mol. The standard InChI is InChI=1S/C13H16N4O2S/c1-19-7-6-17-9-15-16-13(17)20-8-10-2-4-11(5-3-10)12(14)18/h2-5,9H,6-8H2,1H3,(H2,14,18). The number of benzene rings is 1. The van der Waals surface area contributed by atoms with E-state index in [1.54, 1.807) is 37.3 Å². The maximum absolute atomic E-state index is 11.0. The van der Waals surface area contributed by atoms with E-state index in [-0.39, 0.29) is 0 Å². The average Bonchev–Trinajstić information content (AvgIpc) is 2.90. The third-order valence-corrected chi connectivity index (χ3v) is 3.77. The molecule has 20 heavy (non-hydrogen) atoms. The molecule has 7 heteroatoms. The Morgan fingerprint density at radius 3 is 2.80 bits per heavy atom. The molecule has 1 aromatic heterocycles. The van der Waals surface area contributed by atoms with Crippen LogP contribution in [-0.4, -0.2) is 34.4 Å². The van der Waals surface area contributed by atoms with E-state index in [0.717, 1.165) is 23.0 Å². The maximum Gasteiger partial charge on any atom is 0.248 e. The van der Waals surface area contributed by atoms with Crippen molar-refractivity contribution in [3.63, 3.8) is 0 Å². The number of aromatic nitrogens is 3. The van der Waals surface area contributed by atoms with E-state index < -0.39 is 5.91 Å². The molecule has 2 rings (SSSR count). The first-order valence-electron chi connectivity index (χ1n) is 6.09. The molecule has 0 saturated carbocycles. The zero-order valence-corrected chi connectivity index (χ0v) is 12.0. The predicted molar refractivity (Wildman–Crippen MR) is 76.4 cm³/mol. The fourth-order valence-electron chi connectivity index (χ4n) is 1.61. The Kier molecular flexibility index (Phi) is 5.14. The van der Waals surface area contributed by atoms with Crippen LogP contribution in [0.25, 0.3) is 0 Å². The molecule has 6 nitrogen and oxygen atoms in total. The first kappa shape index (κ1) is 14.5. The Bertz CT molecular complexity index is 568. The third-order valence-electron chi connectivity index (χ3n) is 2.72. The molecule has 0 radical (unpaired) electrons. The van der Waals surface area contributed by atoms with Gasteiger partial charge >= 0.3 is 0 Å². The number of primary amides is 1. The first-order valence-corrected chi connectivity index (χ1v) is 7.07. The zero-order valence-electron chi connectivity index (χ0n) is 11.2. The van der Waals surface area contributed by atoms with E-state index in [4.69, 9.17) is 10.5 Å². The molecular formula is C13H16N4O2S. The number of hydrogen-bond donors (Lipinski definition) is 1. The van der Waals surface area contributed by atoms with Crippen LogP contribution in [0.15, 0.2) is 35.7 Å². The first-order chi connectivity index (χ1) is 9.70. The van der Waals surface area contributed by atoms with Gasteiger partial charge in [-0.15, -0.1) is 10.2 Å². The average molecular weight is 292 g/mol. The second-order valence-corrected chi connectivity index (χ2v) is 5.09. The van der Waals surface area contributed by atoms with Gasteiger partial charge in [-0.3, -0.25) is 4.79 Å². The summed E-state index contributed by atoms with van der Waals surface area (Å²) in [6, 6.07) is 7.24. The molecule has 2 N–H and O–H groups in total. The van der Waals surface area contributed by atoms with E-state index >= 15 is 0 Å². The zero-order chi connectivity index (χ0) is 14.4. The van der Waals surface area contributed by atoms with Crippen molar-refractivity contribution in [2.45, 2.75) is 17.5 Å². The molecule has 2 aromatic rings. The van der Waals surface area contributed by atoms with Gasteiger partial charge in [0.1, 0.15) is 6.33 Å². The number of hydrogen-bond acceptors (Lipinski definition) is 5. The lowest BCUT2D eigenvalue weighted by Crippen LogP contribution is -2.10. The fourth-order valence-corrected chi connectivity index (χ4v) is 2.51. The van der Waals surface area contributed by atoms with Crippen molar-refractivity contribution in [1.29, 1.82) is 0 Å². The van der Waals surface area contributed by atoms with Crippen LogP contribution < -0.4 is 5.73 Å². The minimum absolute atomic E-state index is 0.413. The van der Waals surface area contributed by atoms with Crippen LogP contribution in [0.4, 0.5) is 0 Å². The molecule has 0 aliphatic carbocycles. The summed E-state index contributed by atoms with van der Waals surface area (Å²) in [5, 5.41) is 8.82. The van der Waals surface area contributed by atoms with Crippen molar-refractivity contribution < 1.29 is 9.53 Å². The normalized spacial score (nSPS) is 10.7.